The Hall–Kier alpha value is -4.01. The maximum atomic E-state index is 12.6. The summed E-state index contributed by atoms with van der Waals surface area (Å²) >= 11 is 0. The van der Waals surface area contributed by atoms with Gasteiger partial charge in [-0.2, -0.15) is 0 Å². The van der Waals surface area contributed by atoms with Crippen molar-refractivity contribution in [3.63, 3.8) is 0 Å². The van der Waals surface area contributed by atoms with Gasteiger partial charge in [-0.25, -0.2) is 0 Å². The van der Waals surface area contributed by atoms with Crippen molar-refractivity contribution in [1.29, 1.82) is 0 Å². The third kappa shape index (κ3) is 5.86. The predicted octanol–water partition coefficient (Wildman–Crippen LogP) is 2.41. The third-order valence-electron chi connectivity index (χ3n) is 5.06. The highest BCUT2D eigenvalue weighted by Gasteiger charge is 2.36. The molecule has 2 aromatic carbocycles. The summed E-state index contributed by atoms with van der Waals surface area (Å²) in [6.07, 6.45) is 0.478. The lowest BCUT2D eigenvalue weighted by Gasteiger charge is -2.15. The lowest BCUT2D eigenvalue weighted by molar-refractivity contribution is -0.131. The Kier molecular flexibility index (Phi) is 7.78. The fourth-order valence-corrected chi connectivity index (χ4v) is 3.53. The van der Waals surface area contributed by atoms with E-state index in [1.165, 1.54) is 36.1 Å². The lowest BCUT2D eigenvalue weighted by atomic mass is 10.1. The molecule has 9 heteroatoms. The standard InChI is InChI=1S/C25H27N3O6/c1-15(2)14-28-24(32)20-9-8-18(13-21(20)25(28)33)23(31)27-11-5-10-26-22(30)17-6-4-7-19(12-17)34-16(3)29/h4,6-9,12-13,15H,5,10-11,14H2,1-3H3,(H,26,30)(H,27,31). The van der Waals surface area contributed by atoms with Gasteiger partial charge in [0.25, 0.3) is 23.6 Å². The molecule has 0 fully saturated rings. The molecule has 1 aliphatic heterocycles. The first-order valence-electron chi connectivity index (χ1n) is 11.0. The van der Waals surface area contributed by atoms with Crippen molar-refractivity contribution < 1.29 is 28.7 Å². The average molecular weight is 466 g/mol. The van der Waals surface area contributed by atoms with Crippen LogP contribution in [0, 0.1) is 5.92 Å². The quantitative estimate of drug-likeness (QED) is 0.254. The maximum absolute atomic E-state index is 12.6. The van der Waals surface area contributed by atoms with E-state index >= 15 is 0 Å². The summed E-state index contributed by atoms with van der Waals surface area (Å²) in [7, 11) is 0. The van der Waals surface area contributed by atoms with Crippen LogP contribution >= 0.6 is 0 Å². The fourth-order valence-electron chi connectivity index (χ4n) is 3.53. The van der Waals surface area contributed by atoms with E-state index in [2.05, 4.69) is 10.6 Å². The minimum absolute atomic E-state index is 0.142. The van der Waals surface area contributed by atoms with Crippen molar-refractivity contribution in [2.45, 2.75) is 27.2 Å². The van der Waals surface area contributed by atoms with Crippen LogP contribution in [0.15, 0.2) is 42.5 Å². The molecule has 0 aliphatic carbocycles. The van der Waals surface area contributed by atoms with E-state index in [1.54, 1.807) is 18.2 Å². The molecule has 9 nitrogen and oxygen atoms in total. The summed E-state index contributed by atoms with van der Waals surface area (Å²) < 4.78 is 4.97. The summed E-state index contributed by atoms with van der Waals surface area (Å²) in [5.74, 6) is -1.46. The molecule has 0 unspecified atom stereocenters. The molecule has 0 atom stereocenters. The number of imide groups is 1. The Morgan fingerprint density at radius 1 is 0.882 bits per heavy atom. The van der Waals surface area contributed by atoms with Gasteiger partial charge in [0, 0.05) is 37.7 Å². The summed E-state index contributed by atoms with van der Waals surface area (Å²) in [6.45, 7) is 6.07. The lowest BCUT2D eigenvalue weighted by Crippen LogP contribution is -2.33. The first-order valence-corrected chi connectivity index (χ1v) is 11.0. The number of fused-ring (bicyclic) bond motifs is 1. The summed E-state index contributed by atoms with van der Waals surface area (Å²) in [6, 6.07) is 10.8. The summed E-state index contributed by atoms with van der Waals surface area (Å²) in [5.41, 5.74) is 1.19. The van der Waals surface area contributed by atoms with Gasteiger partial charge < -0.3 is 15.4 Å². The normalized spacial score (nSPS) is 12.5. The monoisotopic (exact) mass is 465 g/mol. The number of carbonyl (C=O) groups is 5. The number of amides is 4. The first-order chi connectivity index (χ1) is 16.2. The van der Waals surface area contributed by atoms with Gasteiger partial charge in [-0.3, -0.25) is 28.9 Å². The zero-order valence-corrected chi connectivity index (χ0v) is 19.3. The van der Waals surface area contributed by atoms with Crippen LogP contribution in [0.1, 0.15) is 68.6 Å². The van der Waals surface area contributed by atoms with Crippen molar-refractivity contribution in [1.82, 2.24) is 15.5 Å². The molecule has 0 bridgehead atoms. The van der Waals surface area contributed by atoms with Crippen LogP contribution in [-0.2, 0) is 4.79 Å². The highest BCUT2D eigenvalue weighted by molar-refractivity contribution is 6.22. The van der Waals surface area contributed by atoms with E-state index < -0.39 is 5.97 Å². The molecule has 2 N–H and O–H groups in total. The number of benzene rings is 2. The fraction of sp³-hybridized carbons (Fsp3) is 0.320. The first kappa shape index (κ1) is 24.6. The van der Waals surface area contributed by atoms with E-state index in [9.17, 15) is 24.0 Å². The minimum Gasteiger partial charge on any atom is -0.427 e. The molecule has 3 rings (SSSR count). The van der Waals surface area contributed by atoms with Crippen LogP contribution in [0.4, 0.5) is 0 Å². The molecule has 0 saturated carbocycles. The number of nitrogens with one attached hydrogen (secondary N) is 2. The van der Waals surface area contributed by atoms with Crippen molar-refractivity contribution in [3.05, 3.63) is 64.7 Å². The molecule has 0 radical (unpaired) electrons. The molecule has 178 valence electrons. The second-order valence-corrected chi connectivity index (χ2v) is 8.36. The van der Waals surface area contributed by atoms with Gasteiger partial charge >= 0.3 is 5.97 Å². The number of ether oxygens (including phenoxy) is 1. The molecule has 0 saturated heterocycles. The zero-order valence-electron chi connectivity index (χ0n) is 19.3. The van der Waals surface area contributed by atoms with Crippen LogP contribution in [0.2, 0.25) is 0 Å². The Balaban J connectivity index is 1.48. The second kappa shape index (κ2) is 10.7. The van der Waals surface area contributed by atoms with Gasteiger partial charge in [0.05, 0.1) is 11.1 Å². The Morgan fingerprint density at radius 2 is 1.50 bits per heavy atom. The van der Waals surface area contributed by atoms with E-state index in [0.29, 0.717) is 37.2 Å². The van der Waals surface area contributed by atoms with Gasteiger partial charge in [-0.1, -0.05) is 19.9 Å². The van der Waals surface area contributed by atoms with Crippen molar-refractivity contribution in [2.75, 3.05) is 19.6 Å². The maximum Gasteiger partial charge on any atom is 0.308 e. The second-order valence-electron chi connectivity index (χ2n) is 8.36. The highest BCUT2D eigenvalue weighted by Crippen LogP contribution is 2.25. The van der Waals surface area contributed by atoms with Crippen LogP contribution in [0.25, 0.3) is 0 Å². The minimum atomic E-state index is -0.472. The average Bonchev–Trinajstić information content (AvgIpc) is 3.02. The largest absolute Gasteiger partial charge is 0.427 e. The van der Waals surface area contributed by atoms with Crippen LogP contribution in [0.3, 0.4) is 0 Å². The van der Waals surface area contributed by atoms with Crippen LogP contribution in [0.5, 0.6) is 5.75 Å². The molecule has 34 heavy (non-hydrogen) atoms. The van der Waals surface area contributed by atoms with Gasteiger partial charge in [-0.05, 0) is 48.7 Å². The number of hydrogen-bond donors (Lipinski definition) is 2. The Labute approximate surface area is 197 Å². The summed E-state index contributed by atoms with van der Waals surface area (Å²) in [5, 5.41) is 5.49. The van der Waals surface area contributed by atoms with Crippen molar-refractivity contribution in [3.8, 4) is 5.75 Å². The topological polar surface area (TPSA) is 122 Å². The molecular formula is C25H27N3O6. The number of nitrogens with zero attached hydrogens (tertiary/aromatic N) is 1. The number of carbonyl (C=O) groups excluding carboxylic acids is 5. The van der Waals surface area contributed by atoms with E-state index in [0.717, 1.165) is 0 Å². The SMILES string of the molecule is CC(=O)Oc1cccc(C(=O)NCCCNC(=O)c2ccc3c(c2)C(=O)N(CC(C)C)C3=O)c1. The van der Waals surface area contributed by atoms with Crippen molar-refractivity contribution >= 4 is 29.6 Å². The predicted molar refractivity (Wildman–Crippen MR) is 124 cm³/mol. The van der Waals surface area contributed by atoms with Gasteiger partial charge in [0.1, 0.15) is 5.75 Å². The van der Waals surface area contributed by atoms with E-state index in [1.807, 2.05) is 13.8 Å². The van der Waals surface area contributed by atoms with Gasteiger partial charge in [-0.15, -0.1) is 0 Å². The van der Waals surface area contributed by atoms with E-state index in [-0.39, 0.29) is 46.4 Å². The Bertz CT molecular complexity index is 1140. The summed E-state index contributed by atoms with van der Waals surface area (Å²) in [4.78, 5) is 62.0. The van der Waals surface area contributed by atoms with Gasteiger partial charge in [0.2, 0.25) is 0 Å². The molecule has 2 aromatic rings. The molecule has 0 spiro atoms. The smallest absolute Gasteiger partial charge is 0.308 e. The molecule has 0 aromatic heterocycles. The number of esters is 1. The highest BCUT2D eigenvalue weighted by atomic mass is 16.5. The third-order valence-corrected chi connectivity index (χ3v) is 5.06. The molecule has 1 aliphatic rings. The number of hydrogen-bond acceptors (Lipinski definition) is 6. The molecule has 1 heterocycles. The van der Waals surface area contributed by atoms with Crippen molar-refractivity contribution in [2.24, 2.45) is 5.92 Å². The number of rotatable bonds is 9. The molecular weight excluding hydrogens is 438 g/mol. The van der Waals surface area contributed by atoms with E-state index in [4.69, 9.17) is 4.74 Å². The van der Waals surface area contributed by atoms with Crippen LogP contribution < -0.4 is 15.4 Å². The van der Waals surface area contributed by atoms with Gasteiger partial charge in [0.15, 0.2) is 0 Å². The Morgan fingerprint density at radius 3 is 2.12 bits per heavy atom. The van der Waals surface area contributed by atoms with Crippen LogP contribution in [-0.4, -0.2) is 54.1 Å². The molecule has 4 amide bonds. The zero-order chi connectivity index (χ0) is 24.8.